The molecule has 0 aliphatic carbocycles. The summed E-state index contributed by atoms with van der Waals surface area (Å²) in [7, 11) is 2.12. The van der Waals surface area contributed by atoms with Crippen LogP contribution < -0.4 is 0 Å². The quantitative estimate of drug-likeness (QED) is 0.719. The topological polar surface area (TPSA) is 36.3 Å². The highest BCUT2D eigenvalue weighted by molar-refractivity contribution is 4.92. The Morgan fingerprint density at radius 3 is 2.75 bits per heavy atom. The Morgan fingerprint density at radius 1 is 1.44 bits per heavy atom. The second kappa shape index (κ2) is 6.22. The Morgan fingerprint density at radius 2 is 2.19 bits per heavy atom. The first kappa shape index (κ1) is 13.5. The van der Waals surface area contributed by atoms with Crippen molar-refractivity contribution in [2.24, 2.45) is 5.41 Å². The van der Waals surface area contributed by atoms with Gasteiger partial charge in [0.15, 0.2) is 0 Å². The van der Waals surface area contributed by atoms with Crippen LogP contribution in [-0.4, -0.2) is 37.7 Å². The van der Waals surface area contributed by atoms with Crippen molar-refractivity contribution in [1.82, 2.24) is 4.90 Å². The van der Waals surface area contributed by atoms with E-state index < -0.39 is 0 Å². The lowest BCUT2D eigenvalue weighted by Gasteiger charge is -2.28. The molecule has 0 N–H and O–H groups in total. The molecule has 1 aliphatic rings. The van der Waals surface area contributed by atoms with Crippen LogP contribution in [0.15, 0.2) is 0 Å². The van der Waals surface area contributed by atoms with E-state index in [9.17, 15) is 0 Å². The summed E-state index contributed by atoms with van der Waals surface area (Å²) in [5, 5.41) is 8.94. The smallest absolute Gasteiger partial charge is 0.0701 e. The van der Waals surface area contributed by atoms with E-state index in [1.807, 2.05) is 13.8 Å². The Kier molecular flexibility index (Phi) is 5.24. The third-order valence-corrected chi connectivity index (χ3v) is 3.21. The van der Waals surface area contributed by atoms with Gasteiger partial charge in [-0.3, -0.25) is 0 Å². The molecule has 92 valence electrons. The number of nitriles is 1. The number of hydrogen-bond donors (Lipinski definition) is 0. The fourth-order valence-electron chi connectivity index (χ4n) is 1.92. The summed E-state index contributed by atoms with van der Waals surface area (Å²) in [5.41, 5.74) is -0.207. The minimum absolute atomic E-state index is 0.207. The number of hydrogen-bond acceptors (Lipinski definition) is 3. The second-order valence-electron chi connectivity index (χ2n) is 5.50. The van der Waals surface area contributed by atoms with E-state index in [1.165, 1.54) is 19.3 Å². The molecule has 1 saturated heterocycles. The van der Waals surface area contributed by atoms with Crippen LogP contribution in [0.3, 0.4) is 0 Å². The summed E-state index contributed by atoms with van der Waals surface area (Å²) in [5.74, 6) is 0. The molecular formula is C13H24N2O. The van der Waals surface area contributed by atoms with E-state index >= 15 is 0 Å². The zero-order valence-corrected chi connectivity index (χ0v) is 10.8. The van der Waals surface area contributed by atoms with Crippen molar-refractivity contribution >= 4 is 0 Å². The summed E-state index contributed by atoms with van der Waals surface area (Å²) in [6.45, 7) is 6.89. The molecule has 0 radical (unpaired) electrons. The van der Waals surface area contributed by atoms with E-state index in [0.29, 0.717) is 6.10 Å². The summed E-state index contributed by atoms with van der Waals surface area (Å²) in [6, 6.07) is 2.34. The molecule has 3 heteroatoms. The van der Waals surface area contributed by atoms with Gasteiger partial charge in [-0.2, -0.15) is 5.26 Å². The zero-order valence-electron chi connectivity index (χ0n) is 10.8. The Labute approximate surface area is 99.4 Å². The normalized spacial score (nSPS) is 22.1. The van der Waals surface area contributed by atoms with E-state index in [0.717, 1.165) is 26.1 Å². The fourth-order valence-corrected chi connectivity index (χ4v) is 1.92. The van der Waals surface area contributed by atoms with Gasteiger partial charge in [-0.05, 0) is 53.1 Å². The lowest BCUT2D eigenvalue weighted by atomic mass is 9.91. The van der Waals surface area contributed by atoms with Crippen LogP contribution in [0.4, 0.5) is 0 Å². The molecule has 0 saturated carbocycles. The van der Waals surface area contributed by atoms with Gasteiger partial charge in [0.05, 0.1) is 17.6 Å². The average Bonchev–Trinajstić information content (AvgIpc) is 2.28. The van der Waals surface area contributed by atoms with Crippen molar-refractivity contribution in [2.75, 3.05) is 26.7 Å². The molecule has 1 atom stereocenters. The van der Waals surface area contributed by atoms with Gasteiger partial charge in [0.1, 0.15) is 0 Å². The maximum Gasteiger partial charge on any atom is 0.0701 e. The van der Waals surface area contributed by atoms with E-state index in [1.54, 1.807) is 0 Å². The monoisotopic (exact) mass is 224 g/mol. The molecule has 0 aromatic rings. The molecule has 0 bridgehead atoms. The van der Waals surface area contributed by atoms with E-state index in [-0.39, 0.29) is 5.41 Å². The van der Waals surface area contributed by atoms with E-state index in [2.05, 4.69) is 18.0 Å². The number of ether oxygens (including phenoxy) is 1. The van der Waals surface area contributed by atoms with Crippen molar-refractivity contribution in [2.45, 2.75) is 45.6 Å². The minimum atomic E-state index is -0.207. The standard InChI is InChI=1S/C13H24N2O/c1-13(2,11-14)7-8-15(3)10-12-6-4-5-9-16-12/h12H,4-10H2,1-3H3. The summed E-state index contributed by atoms with van der Waals surface area (Å²) < 4.78 is 5.70. The first-order valence-electron chi connectivity index (χ1n) is 6.25. The van der Waals surface area contributed by atoms with Crippen molar-refractivity contribution < 1.29 is 4.74 Å². The van der Waals surface area contributed by atoms with Crippen molar-refractivity contribution in [3.63, 3.8) is 0 Å². The van der Waals surface area contributed by atoms with Gasteiger partial charge in [-0.25, -0.2) is 0 Å². The van der Waals surface area contributed by atoms with Crippen LogP contribution in [0.1, 0.15) is 39.5 Å². The van der Waals surface area contributed by atoms with Crippen molar-refractivity contribution in [3.8, 4) is 6.07 Å². The highest BCUT2D eigenvalue weighted by atomic mass is 16.5. The summed E-state index contributed by atoms with van der Waals surface area (Å²) in [4.78, 5) is 2.29. The van der Waals surface area contributed by atoms with Gasteiger partial charge in [-0.15, -0.1) is 0 Å². The Hall–Kier alpha value is -0.590. The number of nitrogens with zero attached hydrogens (tertiary/aromatic N) is 2. The lowest BCUT2D eigenvalue weighted by Crippen LogP contribution is -2.35. The highest BCUT2D eigenvalue weighted by Gasteiger charge is 2.19. The SMILES string of the molecule is CN(CCC(C)(C)C#N)CC1CCCCO1. The van der Waals surface area contributed by atoms with Crippen LogP contribution in [0.25, 0.3) is 0 Å². The van der Waals surface area contributed by atoms with Crippen LogP contribution in [0, 0.1) is 16.7 Å². The second-order valence-corrected chi connectivity index (χ2v) is 5.50. The Bertz CT molecular complexity index is 239. The molecule has 1 fully saturated rings. The molecule has 1 unspecified atom stereocenters. The Balaban J connectivity index is 2.20. The molecule has 1 rings (SSSR count). The molecule has 0 amide bonds. The van der Waals surface area contributed by atoms with Gasteiger partial charge in [0, 0.05) is 13.2 Å². The highest BCUT2D eigenvalue weighted by Crippen LogP contribution is 2.19. The maximum atomic E-state index is 8.94. The summed E-state index contributed by atoms with van der Waals surface area (Å²) >= 11 is 0. The predicted molar refractivity (Wildman–Crippen MR) is 65.1 cm³/mol. The first-order chi connectivity index (χ1) is 7.53. The van der Waals surface area contributed by atoms with Crippen molar-refractivity contribution in [1.29, 1.82) is 5.26 Å². The maximum absolute atomic E-state index is 8.94. The van der Waals surface area contributed by atoms with Crippen molar-refractivity contribution in [3.05, 3.63) is 0 Å². The number of likely N-dealkylation sites (N-methyl/N-ethyl adjacent to an activating group) is 1. The third kappa shape index (κ3) is 4.96. The molecular weight excluding hydrogens is 200 g/mol. The third-order valence-electron chi connectivity index (χ3n) is 3.21. The van der Waals surface area contributed by atoms with Crippen LogP contribution in [0.5, 0.6) is 0 Å². The van der Waals surface area contributed by atoms with Crippen LogP contribution in [-0.2, 0) is 4.74 Å². The van der Waals surface area contributed by atoms with Gasteiger partial charge in [0.25, 0.3) is 0 Å². The molecule has 1 aliphatic heterocycles. The molecule has 0 aromatic heterocycles. The molecule has 0 aromatic carbocycles. The fraction of sp³-hybridized carbons (Fsp3) is 0.923. The van der Waals surface area contributed by atoms with Gasteiger partial charge >= 0.3 is 0 Å². The number of rotatable bonds is 5. The average molecular weight is 224 g/mol. The van der Waals surface area contributed by atoms with Gasteiger partial charge in [0.2, 0.25) is 0 Å². The lowest BCUT2D eigenvalue weighted by molar-refractivity contribution is -0.00232. The van der Waals surface area contributed by atoms with E-state index in [4.69, 9.17) is 10.00 Å². The minimum Gasteiger partial charge on any atom is -0.377 e. The van der Waals surface area contributed by atoms with Crippen LogP contribution >= 0.6 is 0 Å². The van der Waals surface area contributed by atoms with Crippen LogP contribution in [0.2, 0.25) is 0 Å². The molecule has 1 heterocycles. The van der Waals surface area contributed by atoms with Gasteiger partial charge < -0.3 is 9.64 Å². The molecule has 16 heavy (non-hydrogen) atoms. The first-order valence-corrected chi connectivity index (χ1v) is 6.25. The van der Waals surface area contributed by atoms with Gasteiger partial charge in [-0.1, -0.05) is 0 Å². The zero-order chi connectivity index (χ0) is 12.0. The summed E-state index contributed by atoms with van der Waals surface area (Å²) in [6.07, 6.45) is 5.02. The largest absolute Gasteiger partial charge is 0.377 e. The molecule has 0 spiro atoms. The molecule has 3 nitrogen and oxygen atoms in total. The predicted octanol–water partition coefficient (Wildman–Crippen LogP) is 2.43.